The zero-order valence-corrected chi connectivity index (χ0v) is 20.6. The number of fused-ring (bicyclic) bond motifs is 1. The number of hydrogen-bond acceptors (Lipinski definition) is 10. The number of carboxylic acid groups (broad SMARTS) is 2. The van der Waals surface area contributed by atoms with Gasteiger partial charge in [-0.1, -0.05) is 0 Å². The van der Waals surface area contributed by atoms with E-state index in [-0.39, 0.29) is 61.2 Å². The molecule has 14 heteroatoms. The molecule has 13 nitrogen and oxygen atoms in total. The number of nitrogens with one attached hydrogen (secondary N) is 1. The standard InChI is InChI=1S/C20H22N8O5.Na.H/c1-28(9-11-8-23-17-15(24-11)16(21)26-20(22)27-17)12-4-2-10(3-5-12)18(31)25-13(19(32)33)6-7-14(29)30;;/h2-5,8,13H,6-7,9H2,1H3,(H,25,31)(H,29,30)(H,32,33)(H4,21,22,23,26,27);;/q;+1;-1/t13-;;/m0../s1. The minimum atomic E-state index is -1.30. The summed E-state index contributed by atoms with van der Waals surface area (Å²) in [5, 5.41) is 20.2. The van der Waals surface area contributed by atoms with E-state index in [4.69, 9.17) is 16.6 Å². The van der Waals surface area contributed by atoms with Crippen LogP contribution in [0.15, 0.2) is 30.5 Å². The van der Waals surface area contributed by atoms with Crippen molar-refractivity contribution >= 4 is 46.5 Å². The van der Waals surface area contributed by atoms with Crippen molar-refractivity contribution in [3.8, 4) is 0 Å². The Morgan fingerprint density at radius 3 is 2.41 bits per heavy atom. The zero-order chi connectivity index (χ0) is 24.1. The summed E-state index contributed by atoms with van der Waals surface area (Å²) in [4.78, 5) is 52.7. The van der Waals surface area contributed by atoms with Crippen molar-refractivity contribution in [2.24, 2.45) is 0 Å². The first kappa shape index (κ1) is 26.7. The minimum Gasteiger partial charge on any atom is -1.00 e. The second kappa shape index (κ2) is 11.5. The Morgan fingerprint density at radius 2 is 1.79 bits per heavy atom. The number of benzene rings is 1. The average molecular weight is 478 g/mol. The second-order valence-electron chi connectivity index (χ2n) is 7.20. The van der Waals surface area contributed by atoms with E-state index in [1.165, 1.54) is 12.1 Å². The van der Waals surface area contributed by atoms with E-state index in [0.29, 0.717) is 23.4 Å². The molecule has 0 saturated carbocycles. The largest absolute Gasteiger partial charge is 1.00 e. The maximum absolute atomic E-state index is 12.4. The van der Waals surface area contributed by atoms with Crippen LogP contribution < -0.4 is 51.2 Å². The molecule has 0 aliphatic carbocycles. The molecule has 3 rings (SSSR count). The van der Waals surface area contributed by atoms with Crippen molar-refractivity contribution in [1.82, 2.24) is 25.3 Å². The summed E-state index contributed by atoms with van der Waals surface area (Å²) in [7, 11) is 1.82. The molecular weight excluding hydrogens is 455 g/mol. The Bertz CT molecular complexity index is 1210. The first-order valence-corrected chi connectivity index (χ1v) is 9.75. The Labute approximate surface area is 217 Å². The summed E-state index contributed by atoms with van der Waals surface area (Å²) in [5.41, 5.74) is 13.7. The molecule has 0 saturated heterocycles. The molecule has 34 heavy (non-hydrogen) atoms. The van der Waals surface area contributed by atoms with Gasteiger partial charge >= 0.3 is 41.5 Å². The Hall–Kier alpha value is -3.55. The van der Waals surface area contributed by atoms with Crippen molar-refractivity contribution in [3.63, 3.8) is 0 Å². The fraction of sp³-hybridized carbons (Fsp3) is 0.250. The van der Waals surface area contributed by atoms with Crippen LogP contribution in [0.5, 0.6) is 0 Å². The molecule has 0 bridgehead atoms. The number of carbonyl (C=O) groups is 3. The molecule has 0 unspecified atom stereocenters. The summed E-state index contributed by atoms with van der Waals surface area (Å²) in [6, 6.07) is 5.16. The van der Waals surface area contributed by atoms with Crippen LogP contribution in [0.3, 0.4) is 0 Å². The number of nitrogens with two attached hydrogens (primary N) is 2. The maximum Gasteiger partial charge on any atom is 1.00 e. The number of aliphatic carboxylic acids is 2. The Morgan fingerprint density at radius 1 is 1.12 bits per heavy atom. The van der Waals surface area contributed by atoms with Gasteiger partial charge in [-0.2, -0.15) is 9.97 Å². The second-order valence-corrected chi connectivity index (χ2v) is 7.20. The molecule has 0 spiro atoms. The first-order chi connectivity index (χ1) is 15.6. The van der Waals surface area contributed by atoms with Gasteiger partial charge in [0.1, 0.15) is 6.04 Å². The number of nitrogens with zero attached hydrogens (tertiary/aromatic N) is 5. The van der Waals surface area contributed by atoms with E-state index in [0.717, 1.165) is 5.69 Å². The van der Waals surface area contributed by atoms with E-state index in [2.05, 4.69) is 25.3 Å². The van der Waals surface area contributed by atoms with Gasteiger partial charge in [0, 0.05) is 24.7 Å². The summed E-state index contributed by atoms with van der Waals surface area (Å²) in [6.45, 7) is 0.370. The van der Waals surface area contributed by atoms with Crippen LogP contribution in [0, 0.1) is 0 Å². The van der Waals surface area contributed by atoms with Crippen LogP contribution in [0.2, 0.25) is 0 Å². The monoisotopic (exact) mass is 478 g/mol. The smallest absolute Gasteiger partial charge is 1.00 e. The number of carbonyl (C=O) groups excluding carboxylic acids is 1. The number of anilines is 3. The predicted octanol–water partition coefficient (Wildman–Crippen LogP) is -2.62. The van der Waals surface area contributed by atoms with Gasteiger partial charge in [-0.25, -0.2) is 14.8 Å². The molecule has 2 aromatic heterocycles. The van der Waals surface area contributed by atoms with E-state index < -0.39 is 23.9 Å². The third-order valence-corrected chi connectivity index (χ3v) is 4.72. The van der Waals surface area contributed by atoms with Gasteiger partial charge in [0.05, 0.1) is 18.4 Å². The molecule has 0 aliphatic heterocycles. The van der Waals surface area contributed by atoms with Gasteiger partial charge in [0.2, 0.25) is 5.95 Å². The number of aromatic nitrogens is 4. The van der Waals surface area contributed by atoms with Crippen molar-refractivity contribution in [3.05, 3.63) is 41.7 Å². The van der Waals surface area contributed by atoms with Gasteiger partial charge < -0.3 is 33.3 Å². The number of amides is 1. The molecule has 7 N–H and O–H groups in total. The summed E-state index contributed by atoms with van der Waals surface area (Å²) in [5.74, 6) is -2.91. The van der Waals surface area contributed by atoms with Gasteiger partial charge in [-0.15, -0.1) is 0 Å². The van der Waals surface area contributed by atoms with E-state index in [1.807, 2.05) is 11.9 Å². The number of hydrogen-bond donors (Lipinski definition) is 5. The molecule has 0 fully saturated rings. The van der Waals surface area contributed by atoms with Crippen LogP contribution in [0.4, 0.5) is 17.5 Å². The maximum atomic E-state index is 12.4. The van der Waals surface area contributed by atoms with Gasteiger partial charge in [-0.3, -0.25) is 9.59 Å². The fourth-order valence-electron chi connectivity index (χ4n) is 3.03. The molecule has 3 aromatic rings. The number of nitrogen functional groups attached to an aromatic ring is 2. The molecule has 1 amide bonds. The van der Waals surface area contributed by atoms with Crippen molar-refractivity contribution in [2.75, 3.05) is 23.4 Å². The van der Waals surface area contributed by atoms with E-state index in [1.54, 1.807) is 18.3 Å². The SMILES string of the molecule is CN(Cc1cnc2nc(N)nc(N)c2n1)c1ccc(C(=O)N[C@@H](CCC(=O)O)C(=O)O)cc1.[H-].[Na+]. The molecule has 1 aromatic carbocycles. The van der Waals surface area contributed by atoms with E-state index >= 15 is 0 Å². The fourth-order valence-corrected chi connectivity index (χ4v) is 3.03. The normalized spacial score (nSPS) is 11.3. The van der Waals surface area contributed by atoms with Gasteiger partial charge in [0.25, 0.3) is 5.91 Å². The third-order valence-electron chi connectivity index (χ3n) is 4.72. The van der Waals surface area contributed by atoms with Crippen LogP contribution in [-0.2, 0) is 16.1 Å². The predicted molar refractivity (Wildman–Crippen MR) is 119 cm³/mol. The number of carboxylic acids is 2. The van der Waals surface area contributed by atoms with Crippen molar-refractivity contribution in [2.45, 2.75) is 25.4 Å². The summed E-state index contributed by atoms with van der Waals surface area (Å²) in [6.07, 6.45) is 0.964. The molecule has 0 radical (unpaired) electrons. The van der Waals surface area contributed by atoms with E-state index in [9.17, 15) is 19.5 Å². The first-order valence-electron chi connectivity index (χ1n) is 9.75. The Kier molecular flexibility index (Phi) is 9.06. The molecular formula is C20H23N8NaO5. The van der Waals surface area contributed by atoms with Crippen LogP contribution in [0.25, 0.3) is 11.2 Å². The van der Waals surface area contributed by atoms with Crippen molar-refractivity contribution in [1.29, 1.82) is 0 Å². The third kappa shape index (κ3) is 6.73. The zero-order valence-electron chi connectivity index (χ0n) is 19.6. The van der Waals surface area contributed by atoms with Crippen LogP contribution in [0.1, 0.15) is 30.3 Å². The molecule has 0 aliphatic rings. The topological polar surface area (TPSA) is 211 Å². The van der Waals surface area contributed by atoms with Crippen molar-refractivity contribution < 1.29 is 55.6 Å². The van der Waals surface area contributed by atoms with Gasteiger partial charge in [-0.05, 0) is 30.7 Å². The van der Waals surface area contributed by atoms with Gasteiger partial charge in [0.15, 0.2) is 17.0 Å². The Balaban J connectivity index is 0.00000306. The quantitative estimate of drug-likeness (QED) is 0.200. The number of rotatable bonds is 9. The molecule has 1 atom stereocenters. The van der Waals surface area contributed by atoms with Crippen LogP contribution in [-0.4, -0.2) is 61.1 Å². The summed E-state index contributed by atoms with van der Waals surface area (Å²) < 4.78 is 0. The molecule has 2 heterocycles. The average Bonchev–Trinajstić information content (AvgIpc) is 2.76. The summed E-state index contributed by atoms with van der Waals surface area (Å²) >= 11 is 0. The minimum absolute atomic E-state index is 0. The molecule has 174 valence electrons. The van der Waals surface area contributed by atoms with Crippen LogP contribution >= 0.6 is 0 Å².